The minimum absolute atomic E-state index is 0.704. The first-order valence-electron chi connectivity index (χ1n) is 3.86. The van der Waals surface area contributed by atoms with Crippen molar-refractivity contribution in [3.8, 4) is 0 Å². The van der Waals surface area contributed by atoms with Gasteiger partial charge in [-0.1, -0.05) is 6.92 Å². The molecule has 0 aliphatic carbocycles. The lowest BCUT2D eigenvalue weighted by Crippen LogP contribution is -2.52. The quantitative estimate of drug-likeness (QED) is 0.503. The Labute approximate surface area is 62.5 Å². The molecule has 0 unspecified atom stereocenters. The van der Waals surface area contributed by atoms with Gasteiger partial charge in [0.25, 0.3) is 0 Å². The number of hydrogen-bond donors (Lipinski definition) is 1. The van der Waals surface area contributed by atoms with Gasteiger partial charge in [-0.2, -0.15) is 0 Å². The van der Waals surface area contributed by atoms with Gasteiger partial charge in [0.2, 0.25) is 0 Å². The zero-order valence-corrected chi connectivity index (χ0v) is 6.77. The van der Waals surface area contributed by atoms with Crippen LogP contribution in [0.15, 0.2) is 0 Å². The molecule has 62 valence electrons. The maximum Gasteiger partial charge on any atom is 0.0977 e. The van der Waals surface area contributed by atoms with E-state index in [1.165, 1.54) is 0 Å². The minimum atomic E-state index is 0.704. The molecule has 0 aromatic heterocycles. The maximum absolute atomic E-state index is 5.18. The molecule has 0 rings (SSSR count). The fraction of sp³-hybridized carbons (Fsp3) is 1.00. The Morgan fingerprint density at radius 2 is 1.60 bits per heavy atom. The standard InChI is InChI=1S/C7H17NO2/c1-2-4-9-6-7-10-5-3-8/h2-8H2,1H3/p+1. The molecule has 0 aliphatic heterocycles. The van der Waals surface area contributed by atoms with Gasteiger partial charge in [-0.3, -0.25) is 0 Å². The van der Waals surface area contributed by atoms with Crippen molar-refractivity contribution < 1.29 is 15.2 Å². The van der Waals surface area contributed by atoms with Crippen LogP contribution in [0.25, 0.3) is 0 Å². The van der Waals surface area contributed by atoms with Gasteiger partial charge in [0.05, 0.1) is 26.4 Å². The second-order valence-electron chi connectivity index (χ2n) is 2.08. The average molecular weight is 148 g/mol. The molecule has 0 amide bonds. The van der Waals surface area contributed by atoms with Crippen LogP contribution in [-0.2, 0) is 9.47 Å². The Balaban J connectivity index is 2.65. The highest BCUT2D eigenvalue weighted by atomic mass is 16.5. The lowest BCUT2D eigenvalue weighted by Gasteiger charge is -2.01. The Kier molecular flexibility index (Phi) is 8.77. The second kappa shape index (κ2) is 8.88. The van der Waals surface area contributed by atoms with Crippen LogP contribution in [0.3, 0.4) is 0 Å². The molecule has 0 bridgehead atoms. The lowest BCUT2D eigenvalue weighted by molar-refractivity contribution is -0.374. The zero-order chi connectivity index (χ0) is 7.66. The highest BCUT2D eigenvalue weighted by molar-refractivity contribution is 4.30. The van der Waals surface area contributed by atoms with Gasteiger partial charge in [-0.05, 0) is 6.42 Å². The number of rotatable bonds is 7. The Bertz CT molecular complexity index is 51.6. The zero-order valence-electron chi connectivity index (χ0n) is 6.77. The third kappa shape index (κ3) is 7.88. The van der Waals surface area contributed by atoms with Crippen LogP contribution in [0.1, 0.15) is 13.3 Å². The molecule has 0 heterocycles. The highest BCUT2D eigenvalue weighted by Gasteiger charge is 1.86. The van der Waals surface area contributed by atoms with E-state index in [9.17, 15) is 0 Å². The summed E-state index contributed by atoms with van der Waals surface area (Å²) in [7, 11) is 0. The third-order valence-corrected chi connectivity index (χ3v) is 1.01. The van der Waals surface area contributed by atoms with Crippen LogP contribution >= 0.6 is 0 Å². The van der Waals surface area contributed by atoms with E-state index in [2.05, 4.69) is 12.7 Å². The first-order valence-corrected chi connectivity index (χ1v) is 3.86. The van der Waals surface area contributed by atoms with Crippen LogP contribution < -0.4 is 5.73 Å². The summed E-state index contributed by atoms with van der Waals surface area (Å²) >= 11 is 0. The molecular weight excluding hydrogens is 130 g/mol. The van der Waals surface area contributed by atoms with E-state index in [1.54, 1.807) is 0 Å². The summed E-state index contributed by atoms with van der Waals surface area (Å²) in [5.74, 6) is 0. The van der Waals surface area contributed by atoms with E-state index in [0.717, 1.165) is 26.2 Å². The van der Waals surface area contributed by atoms with Gasteiger partial charge in [0.15, 0.2) is 0 Å². The van der Waals surface area contributed by atoms with Crippen molar-refractivity contribution in [3.05, 3.63) is 0 Å². The van der Waals surface area contributed by atoms with Crippen LogP contribution in [0.4, 0.5) is 0 Å². The van der Waals surface area contributed by atoms with E-state index in [4.69, 9.17) is 9.47 Å². The number of quaternary nitrogens is 1. The molecule has 3 heteroatoms. The molecule has 0 aromatic carbocycles. The molecule has 0 saturated carbocycles. The molecule has 3 N–H and O–H groups in total. The summed E-state index contributed by atoms with van der Waals surface area (Å²) in [6.07, 6.45) is 1.08. The smallest absolute Gasteiger partial charge is 0.0977 e. The SMILES string of the molecule is CCCOCCOCC[NH3+]. The normalized spacial score (nSPS) is 10.2. The van der Waals surface area contributed by atoms with Gasteiger partial charge in [0.1, 0.15) is 0 Å². The van der Waals surface area contributed by atoms with E-state index in [-0.39, 0.29) is 0 Å². The van der Waals surface area contributed by atoms with Crippen molar-refractivity contribution in [1.29, 1.82) is 0 Å². The topological polar surface area (TPSA) is 46.1 Å². The minimum Gasteiger partial charge on any atom is -0.379 e. The Hall–Kier alpha value is -0.120. The summed E-state index contributed by atoms with van der Waals surface area (Å²) in [6.45, 7) is 5.94. The monoisotopic (exact) mass is 148 g/mol. The van der Waals surface area contributed by atoms with Crippen LogP contribution in [-0.4, -0.2) is 33.0 Å². The van der Waals surface area contributed by atoms with Crippen LogP contribution in [0.2, 0.25) is 0 Å². The van der Waals surface area contributed by atoms with Crippen molar-refractivity contribution in [1.82, 2.24) is 0 Å². The van der Waals surface area contributed by atoms with Crippen molar-refractivity contribution in [2.24, 2.45) is 0 Å². The first kappa shape index (κ1) is 9.88. The first-order chi connectivity index (χ1) is 4.91. The van der Waals surface area contributed by atoms with E-state index in [1.807, 2.05) is 0 Å². The molecule has 10 heavy (non-hydrogen) atoms. The summed E-state index contributed by atoms with van der Waals surface area (Å²) in [4.78, 5) is 0. The largest absolute Gasteiger partial charge is 0.379 e. The molecule has 3 nitrogen and oxygen atoms in total. The molecule has 0 saturated heterocycles. The number of hydrogen-bond acceptors (Lipinski definition) is 2. The number of ether oxygens (including phenoxy) is 2. The van der Waals surface area contributed by atoms with Crippen molar-refractivity contribution >= 4 is 0 Å². The second-order valence-corrected chi connectivity index (χ2v) is 2.08. The molecular formula is C7H18NO2+. The molecule has 0 spiro atoms. The lowest BCUT2D eigenvalue weighted by atomic mass is 10.5. The van der Waals surface area contributed by atoms with Crippen LogP contribution in [0, 0.1) is 0 Å². The van der Waals surface area contributed by atoms with E-state index < -0.39 is 0 Å². The predicted octanol–water partition coefficient (Wildman–Crippen LogP) is -0.328. The van der Waals surface area contributed by atoms with E-state index in [0.29, 0.717) is 13.2 Å². The summed E-state index contributed by atoms with van der Waals surface area (Å²) < 4.78 is 10.3. The van der Waals surface area contributed by atoms with Gasteiger partial charge in [0, 0.05) is 6.61 Å². The molecule has 0 aromatic rings. The molecule has 0 atom stereocenters. The van der Waals surface area contributed by atoms with Gasteiger partial charge < -0.3 is 15.2 Å². The van der Waals surface area contributed by atoms with E-state index >= 15 is 0 Å². The molecule has 0 radical (unpaired) electrons. The summed E-state index contributed by atoms with van der Waals surface area (Å²) in [5.41, 5.74) is 3.65. The summed E-state index contributed by atoms with van der Waals surface area (Å²) in [6, 6.07) is 0. The van der Waals surface area contributed by atoms with Gasteiger partial charge in [-0.15, -0.1) is 0 Å². The van der Waals surface area contributed by atoms with Gasteiger partial charge >= 0.3 is 0 Å². The fourth-order valence-corrected chi connectivity index (χ4v) is 0.568. The molecule has 0 fully saturated rings. The van der Waals surface area contributed by atoms with Crippen molar-refractivity contribution in [2.75, 3.05) is 33.0 Å². The predicted molar refractivity (Wildman–Crippen MR) is 39.7 cm³/mol. The maximum atomic E-state index is 5.18. The van der Waals surface area contributed by atoms with Crippen LogP contribution in [0.5, 0.6) is 0 Å². The fourth-order valence-electron chi connectivity index (χ4n) is 0.568. The summed E-state index contributed by atoms with van der Waals surface area (Å²) in [5, 5.41) is 0. The highest BCUT2D eigenvalue weighted by Crippen LogP contribution is 1.80. The van der Waals surface area contributed by atoms with Gasteiger partial charge in [-0.25, -0.2) is 0 Å². The molecule has 0 aliphatic rings. The van der Waals surface area contributed by atoms with Crippen molar-refractivity contribution in [3.63, 3.8) is 0 Å². The Morgan fingerprint density at radius 3 is 2.10 bits per heavy atom. The Morgan fingerprint density at radius 1 is 1.00 bits per heavy atom. The van der Waals surface area contributed by atoms with Crippen molar-refractivity contribution in [2.45, 2.75) is 13.3 Å². The average Bonchev–Trinajstić information content (AvgIpc) is 1.97. The third-order valence-electron chi connectivity index (χ3n) is 1.01.